The van der Waals surface area contributed by atoms with Crippen LogP contribution < -0.4 is 0 Å². The first-order chi connectivity index (χ1) is 18.3. The quantitative estimate of drug-likeness (QED) is 0.189. The summed E-state index contributed by atoms with van der Waals surface area (Å²) in [4.78, 5) is 5.08. The van der Waals surface area contributed by atoms with Gasteiger partial charge in [0.25, 0.3) is 0 Å². The highest BCUT2D eigenvalue weighted by atomic mass is 16.7. The molecule has 2 atom stereocenters. The summed E-state index contributed by atoms with van der Waals surface area (Å²) in [5.41, 5.74) is 1.80. The van der Waals surface area contributed by atoms with Crippen LogP contribution in [0.4, 0.5) is 0 Å². The minimum atomic E-state index is -0.614. The Bertz CT molecular complexity index is 1740. The number of benzene rings is 4. The largest absolute Gasteiger partial charge is 0.468 e. The van der Waals surface area contributed by atoms with Crippen LogP contribution in [0.5, 0.6) is 0 Å². The van der Waals surface area contributed by atoms with Gasteiger partial charge in [-0.25, -0.2) is 4.98 Å². The van der Waals surface area contributed by atoms with Gasteiger partial charge in [0.2, 0.25) is 0 Å². The van der Waals surface area contributed by atoms with Gasteiger partial charge in [0, 0.05) is 16.6 Å². The molecule has 0 bridgehead atoms. The van der Waals surface area contributed by atoms with Gasteiger partial charge in [-0.1, -0.05) is 103 Å². The van der Waals surface area contributed by atoms with E-state index in [0.717, 1.165) is 22.0 Å². The van der Waals surface area contributed by atoms with Crippen molar-refractivity contribution < 1.29 is 9.31 Å². The van der Waals surface area contributed by atoms with Gasteiger partial charge in [-0.3, -0.25) is 0 Å². The highest BCUT2D eigenvalue weighted by molar-refractivity contribution is 6.49. The molecule has 0 amide bonds. The van der Waals surface area contributed by atoms with E-state index in [1.165, 1.54) is 16.2 Å². The first kappa shape index (κ1) is 23.5. The summed E-state index contributed by atoms with van der Waals surface area (Å²) in [5, 5.41) is 4.79. The van der Waals surface area contributed by atoms with E-state index in [2.05, 4.69) is 135 Å². The second kappa shape index (κ2) is 8.16. The molecule has 38 heavy (non-hydrogen) atoms. The van der Waals surface area contributed by atoms with Crippen LogP contribution in [-0.2, 0) is 14.8 Å². The maximum atomic E-state index is 6.71. The topological polar surface area (TPSA) is 36.3 Å². The molecule has 1 fully saturated rings. The molecule has 1 aromatic heterocycles. The fourth-order valence-corrected chi connectivity index (χ4v) is 6.28. The van der Waals surface area contributed by atoms with Gasteiger partial charge in [-0.05, 0) is 44.0 Å². The van der Waals surface area contributed by atoms with E-state index in [1.807, 2.05) is 6.33 Å². The van der Waals surface area contributed by atoms with Gasteiger partial charge in [-0.2, -0.15) is 0 Å². The van der Waals surface area contributed by atoms with E-state index in [9.17, 15) is 0 Å². The average Bonchev–Trinajstić information content (AvgIpc) is 3.48. The van der Waals surface area contributed by atoms with E-state index in [-0.39, 0.29) is 5.82 Å². The number of aromatic nitrogens is 2. The van der Waals surface area contributed by atoms with Crippen molar-refractivity contribution in [2.75, 3.05) is 0 Å². The first-order valence-electron chi connectivity index (χ1n) is 13.4. The average molecular weight is 498 g/mol. The molecule has 1 aliphatic heterocycles. The normalized spacial score (nSPS) is 24.1. The monoisotopic (exact) mass is 498 g/mol. The van der Waals surface area contributed by atoms with Crippen LogP contribution in [0.3, 0.4) is 0 Å². The highest BCUT2D eigenvalue weighted by Gasteiger charge is 2.58. The van der Waals surface area contributed by atoms with Gasteiger partial charge in [0.15, 0.2) is 0 Å². The third-order valence-corrected chi connectivity index (χ3v) is 8.91. The summed E-state index contributed by atoms with van der Waals surface area (Å²) in [5.74, 6) is -0.126. The zero-order chi connectivity index (χ0) is 26.1. The molecule has 4 aromatic carbocycles. The fourth-order valence-electron chi connectivity index (χ4n) is 6.28. The van der Waals surface area contributed by atoms with Crippen LogP contribution in [0, 0.1) is 0 Å². The van der Waals surface area contributed by atoms with Crippen molar-refractivity contribution in [3.63, 3.8) is 0 Å². The molecular formula is C33H31BN2O2. The summed E-state index contributed by atoms with van der Waals surface area (Å²) in [6, 6.07) is 27.9. The van der Waals surface area contributed by atoms with Gasteiger partial charge in [0.1, 0.15) is 0 Å². The molecule has 0 N–H and O–H groups in total. The molecule has 4 nitrogen and oxygen atoms in total. The lowest BCUT2D eigenvalue weighted by Crippen LogP contribution is -2.45. The summed E-state index contributed by atoms with van der Waals surface area (Å²) >= 11 is 0. The Morgan fingerprint density at radius 2 is 1.29 bits per heavy atom. The third-order valence-electron chi connectivity index (χ3n) is 8.91. The van der Waals surface area contributed by atoms with E-state index < -0.39 is 23.9 Å². The van der Waals surface area contributed by atoms with Crippen LogP contribution in [0.1, 0.15) is 33.3 Å². The Morgan fingerprint density at radius 3 is 1.97 bits per heavy atom. The van der Waals surface area contributed by atoms with Crippen molar-refractivity contribution in [2.45, 2.75) is 50.3 Å². The molecule has 5 heteroatoms. The molecule has 2 aliphatic rings. The van der Waals surface area contributed by atoms with Crippen molar-refractivity contribution in [1.29, 1.82) is 0 Å². The zero-order valence-electron chi connectivity index (χ0n) is 22.3. The second-order valence-corrected chi connectivity index (χ2v) is 11.5. The number of imidazole rings is 1. The van der Waals surface area contributed by atoms with Gasteiger partial charge in [-0.15, -0.1) is 0 Å². The molecule has 7 rings (SSSR count). The van der Waals surface area contributed by atoms with Crippen molar-refractivity contribution >= 4 is 39.7 Å². The summed E-state index contributed by atoms with van der Waals surface area (Å²) in [6.45, 7) is 8.47. The fraction of sp³-hybridized carbons (Fsp3) is 0.242. The van der Waals surface area contributed by atoms with Crippen molar-refractivity contribution in [3.8, 4) is 0 Å². The minimum Gasteiger partial charge on any atom is -0.403 e. The number of hydrogen-bond donors (Lipinski definition) is 0. The van der Waals surface area contributed by atoms with E-state index >= 15 is 0 Å². The Balaban J connectivity index is 1.57. The highest BCUT2D eigenvalue weighted by Crippen LogP contribution is 2.51. The molecule has 0 saturated carbocycles. The predicted molar refractivity (Wildman–Crippen MR) is 156 cm³/mol. The maximum absolute atomic E-state index is 6.71. The Hall–Kier alpha value is -3.67. The lowest BCUT2D eigenvalue weighted by molar-refractivity contribution is 0.00578. The smallest absolute Gasteiger partial charge is 0.403 e. The lowest BCUT2D eigenvalue weighted by Gasteiger charge is -2.41. The van der Waals surface area contributed by atoms with E-state index in [1.54, 1.807) is 0 Å². The van der Waals surface area contributed by atoms with Crippen molar-refractivity contribution in [3.05, 3.63) is 115 Å². The molecule has 188 valence electrons. The van der Waals surface area contributed by atoms with E-state index in [0.29, 0.717) is 0 Å². The van der Waals surface area contributed by atoms with Crippen LogP contribution >= 0.6 is 0 Å². The van der Waals surface area contributed by atoms with Crippen LogP contribution in [0.2, 0.25) is 5.82 Å². The van der Waals surface area contributed by atoms with E-state index in [4.69, 9.17) is 14.3 Å². The number of fused-ring (bicyclic) bond motifs is 6. The molecule has 2 heterocycles. The molecule has 5 aromatic rings. The number of nitrogens with zero attached hydrogens (tertiary/aromatic N) is 2. The zero-order valence-corrected chi connectivity index (χ0v) is 22.3. The minimum absolute atomic E-state index is 0.126. The van der Waals surface area contributed by atoms with Gasteiger partial charge < -0.3 is 13.9 Å². The Morgan fingerprint density at radius 1 is 0.711 bits per heavy atom. The summed E-state index contributed by atoms with van der Waals surface area (Å²) in [6.07, 6.45) is 10.8. The number of allylic oxidation sites excluding steroid dienone is 4. The predicted octanol–water partition coefficient (Wildman–Crippen LogP) is 7.67. The number of rotatable bonds is 3. The molecule has 1 saturated heterocycles. The summed E-state index contributed by atoms with van der Waals surface area (Å²) < 4.78 is 15.8. The number of hydrogen-bond acceptors (Lipinski definition) is 3. The SMILES string of the molecule is CC1(C)OB(C2C=CC=CC2(c2ccccc2)n2cnc3c4ccccc4c4ccccc4c32)OC1(C)C. The van der Waals surface area contributed by atoms with Crippen LogP contribution in [0.15, 0.2) is 109 Å². The molecule has 1 aliphatic carbocycles. The van der Waals surface area contributed by atoms with Gasteiger partial charge in [0.05, 0.1) is 34.1 Å². The molecule has 0 spiro atoms. The standard InChI is InChI=1S/C33H31BN2O2/c1-31(2)32(3,4)38-34(37-31)28-20-12-13-21-33(28,23-14-6-5-7-15-23)36-22-35-29-26-18-10-8-16-24(26)25-17-9-11-19-27(25)30(29)36/h5-22,28H,1-4H3. The Kier molecular flexibility index (Phi) is 5.04. The lowest BCUT2D eigenvalue weighted by atomic mass is 9.57. The van der Waals surface area contributed by atoms with Gasteiger partial charge >= 0.3 is 7.12 Å². The first-order valence-corrected chi connectivity index (χ1v) is 13.4. The Labute approximate surface area is 223 Å². The van der Waals surface area contributed by atoms with Crippen molar-refractivity contribution in [1.82, 2.24) is 9.55 Å². The summed E-state index contributed by atoms with van der Waals surface area (Å²) in [7, 11) is -0.439. The maximum Gasteiger partial charge on any atom is 0.468 e. The van der Waals surface area contributed by atoms with Crippen molar-refractivity contribution in [2.24, 2.45) is 0 Å². The molecule has 2 unspecified atom stereocenters. The van der Waals surface area contributed by atoms with Crippen LogP contribution in [0.25, 0.3) is 32.6 Å². The molecular weight excluding hydrogens is 467 g/mol. The molecule has 0 radical (unpaired) electrons. The third kappa shape index (κ3) is 3.15. The van der Waals surface area contributed by atoms with Crippen LogP contribution in [-0.4, -0.2) is 27.9 Å². The second-order valence-electron chi connectivity index (χ2n) is 11.5.